The molecule has 0 heterocycles. The third-order valence-electron chi connectivity index (χ3n) is 29.3. The number of hydrogen-bond donors (Lipinski definition) is 0. The van der Waals surface area contributed by atoms with Gasteiger partial charge < -0.3 is 28.4 Å². The lowest BCUT2D eigenvalue weighted by molar-refractivity contribution is -0.194. The van der Waals surface area contributed by atoms with Crippen LogP contribution in [0.1, 0.15) is 270 Å². The first-order chi connectivity index (χ1) is 45.0. The average molecular weight is 1290 g/mol. The first-order valence-electron chi connectivity index (χ1n) is 38.6. The van der Waals surface area contributed by atoms with Crippen LogP contribution in [0, 0.1) is 115 Å². The Morgan fingerprint density at radius 1 is 0.468 bits per heavy atom. The molecule has 0 N–H and O–H groups in total. The summed E-state index contributed by atoms with van der Waals surface area (Å²) in [6.45, 7) is 25.5. The van der Waals surface area contributed by atoms with Gasteiger partial charge in [-0.05, 0) is 281 Å². The zero-order valence-electron chi connectivity index (χ0n) is 59.7. The third kappa shape index (κ3) is 13.1. The maximum atomic E-state index is 14.1. The van der Waals surface area contributed by atoms with E-state index in [9.17, 15) is 19.2 Å². The van der Waals surface area contributed by atoms with Crippen molar-refractivity contribution in [3.8, 4) is 11.5 Å². The zero-order chi connectivity index (χ0) is 66.0. The molecule has 0 aliphatic heterocycles. The van der Waals surface area contributed by atoms with Crippen LogP contribution in [0.25, 0.3) is 0 Å². The van der Waals surface area contributed by atoms with E-state index in [-0.39, 0.29) is 85.2 Å². The molecule has 10 saturated carbocycles. The van der Waals surface area contributed by atoms with Gasteiger partial charge in [-0.2, -0.15) is 0 Å². The lowest BCUT2D eigenvalue weighted by atomic mass is 9.44. The molecular formula is C84H120O10. The predicted molar refractivity (Wildman–Crippen MR) is 370 cm³/mol. The van der Waals surface area contributed by atoms with Crippen LogP contribution in [0.2, 0.25) is 0 Å². The van der Waals surface area contributed by atoms with Gasteiger partial charge in [0.15, 0.2) is 0 Å². The summed E-state index contributed by atoms with van der Waals surface area (Å²) in [6, 6.07) is 14.2. The quantitative estimate of drug-likeness (QED) is 0.0434. The highest BCUT2D eigenvalue weighted by Gasteiger charge is 2.65. The van der Waals surface area contributed by atoms with Gasteiger partial charge in [-0.1, -0.05) is 131 Å². The number of allylic oxidation sites excluding steroid dienone is 2. The molecule has 0 unspecified atom stereocenters. The standard InChI is InChI=1S/C84H120O10/c1-53(2)13-11-15-55(5)69-29-31-71-67-27-21-61-46-65(33-37-79(61,7)73(67)35-39-81(69,71)9)93-75(85)59-17-23-63(24-18-59)89-41-43-91-77(87)83-48-57-45-58(49-83)51-84(50-57,52-83)78(88)92-44-42-90-64-25-19-60(20-26-64)76(86)94-66-34-38-80(8)62(47-66)22-28-68-72-32-30-70(56(6)16-12-14-54(3)4)82(72,10)40-36-74(68)80/h17-26,53-58,65-74H,11-16,27-52H2,1-10H3/t55-,56-,57?,58?,65+,66+,67+,68+,69-,70-,71+,72+,73+,74+,79+,80+,81-,82-,83?,84?/m1/s1. The molecule has 10 fully saturated rings. The van der Waals surface area contributed by atoms with Crippen LogP contribution in [-0.4, -0.2) is 62.5 Å². The second-order valence-electron chi connectivity index (χ2n) is 35.7. The maximum Gasteiger partial charge on any atom is 0.338 e. The van der Waals surface area contributed by atoms with E-state index < -0.39 is 10.8 Å². The van der Waals surface area contributed by atoms with E-state index in [2.05, 4.69) is 81.4 Å². The van der Waals surface area contributed by atoms with Crippen molar-refractivity contribution in [2.75, 3.05) is 26.4 Å². The van der Waals surface area contributed by atoms with E-state index in [4.69, 9.17) is 28.4 Å². The number of carbonyl (C=O) groups excluding carboxylic acids is 4. The normalized spacial score (nSPS) is 38.9. The van der Waals surface area contributed by atoms with E-state index in [1.165, 1.54) is 114 Å². The van der Waals surface area contributed by atoms with Gasteiger partial charge >= 0.3 is 23.9 Å². The second-order valence-corrected chi connectivity index (χ2v) is 35.7. The van der Waals surface area contributed by atoms with Crippen molar-refractivity contribution >= 4 is 23.9 Å². The van der Waals surface area contributed by atoms with E-state index in [1.807, 2.05) is 0 Å². The molecular weight excluding hydrogens is 1170 g/mol. The van der Waals surface area contributed by atoms with Gasteiger partial charge in [0.25, 0.3) is 0 Å². The minimum atomic E-state index is -0.711. The van der Waals surface area contributed by atoms with Gasteiger partial charge in [0, 0.05) is 12.8 Å². The van der Waals surface area contributed by atoms with E-state index >= 15 is 0 Å². The highest BCUT2D eigenvalue weighted by Crippen LogP contribution is 2.70. The molecule has 0 amide bonds. The van der Waals surface area contributed by atoms with Gasteiger partial charge in [0.05, 0.1) is 22.0 Å². The van der Waals surface area contributed by atoms with Crippen LogP contribution < -0.4 is 9.47 Å². The van der Waals surface area contributed by atoms with Crippen molar-refractivity contribution in [2.24, 2.45) is 115 Å². The molecule has 10 heteroatoms. The Morgan fingerprint density at radius 2 is 0.872 bits per heavy atom. The first-order valence-corrected chi connectivity index (χ1v) is 38.6. The van der Waals surface area contributed by atoms with Crippen LogP contribution in [0.4, 0.5) is 0 Å². The summed E-state index contributed by atoms with van der Waals surface area (Å²) < 4.78 is 36.5. The Hall–Kier alpha value is -4.60. The molecule has 2 aromatic rings. The Morgan fingerprint density at radius 3 is 1.27 bits per heavy atom. The topological polar surface area (TPSA) is 124 Å². The number of benzene rings is 2. The van der Waals surface area contributed by atoms with E-state index in [1.54, 1.807) is 48.5 Å². The van der Waals surface area contributed by atoms with Gasteiger partial charge in [-0.3, -0.25) is 9.59 Å². The Balaban J connectivity index is 0.520. The van der Waals surface area contributed by atoms with Crippen molar-refractivity contribution in [1.29, 1.82) is 0 Å². The van der Waals surface area contributed by atoms with Gasteiger partial charge in [0.1, 0.15) is 50.1 Å². The van der Waals surface area contributed by atoms with Gasteiger partial charge in [0.2, 0.25) is 0 Å². The monoisotopic (exact) mass is 1290 g/mol. The first kappa shape index (κ1) is 67.9. The lowest BCUT2D eigenvalue weighted by Gasteiger charge is -2.59. The van der Waals surface area contributed by atoms with Crippen molar-refractivity contribution < 1.29 is 47.6 Å². The summed E-state index contributed by atoms with van der Waals surface area (Å²) in [5.41, 5.74) is 4.00. The van der Waals surface area contributed by atoms with Crippen LogP contribution in [0.3, 0.4) is 0 Å². The fraction of sp³-hybridized carbons (Fsp3) is 0.762. The Bertz CT molecular complexity index is 2890. The van der Waals surface area contributed by atoms with Crippen LogP contribution in [0.5, 0.6) is 11.5 Å². The summed E-state index contributed by atoms with van der Waals surface area (Å²) in [4.78, 5) is 55.4. The largest absolute Gasteiger partial charge is 0.490 e. The van der Waals surface area contributed by atoms with Crippen molar-refractivity contribution in [3.63, 3.8) is 0 Å². The molecule has 0 radical (unpaired) electrons. The highest BCUT2D eigenvalue weighted by atomic mass is 16.6. The number of carbonyl (C=O) groups is 4. The van der Waals surface area contributed by atoms with Crippen molar-refractivity contribution in [3.05, 3.63) is 83.0 Å². The van der Waals surface area contributed by atoms with Gasteiger partial charge in [-0.15, -0.1) is 0 Å². The Labute approximate surface area is 566 Å². The second kappa shape index (κ2) is 27.3. The number of hydrogen-bond acceptors (Lipinski definition) is 10. The molecule has 12 aliphatic carbocycles. The molecule has 2 aromatic carbocycles. The fourth-order valence-electron chi connectivity index (χ4n) is 25.0. The van der Waals surface area contributed by atoms with E-state index in [0.29, 0.717) is 39.9 Å². The minimum absolute atomic E-state index is 0.0884. The molecule has 4 bridgehead atoms. The Kier molecular flexibility index (Phi) is 19.7. The van der Waals surface area contributed by atoms with E-state index in [0.717, 1.165) is 142 Å². The summed E-state index contributed by atoms with van der Waals surface area (Å²) in [7, 11) is 0. The number of fused-ring (bicyclic) bond motifs is 10. The molecule has 16 atom stereocenters. The van der Waals surface area contributed by atoms with Crippen LogP contribution in [-0.2, 0) is 28.5 Å². The molecule has 516 valence electrons. The third-order valence-corrected chi connectivity index (χ3v) is 29.3. The van der Waals surface area contributed by atoms with Crippen molar-refractivity contribution in [2.45, 2.75) is 261 Å². The summed E-state index contributed by atoms with van der Waals surface area (Å²) in [6.07, 6.45) is 36.6. The smallest absolute Gasteiger partial charge is 0.338 e. The molecule has 0 spiro atoms. The SMILES string of the molecule is CC(C)CCC[C@@H](C)[C@H]1CC[C@H]2[C@@H]3CC=C4C[C@@H](OC(=O)c5ccc(OCCOC(=O)C67CC8CC(C6)CC(C(=O)OCCOc6ccc(C(=O)O[C@H]9CC[C@@]%10(C)C(=CC[C@H]%11[C@@H]%12CC[C@H]([C@H](C)CCCC(C)C)[C@@]%12(C)CC[C@@H]%11%10)C9)cc6)(C8)C7)cc5)CC[C@]4(C)[C@H]3CC[C@]12C. The molecule has 10 nitrogen and oxygen atoms in total. The minimum Gasteiger partial charge on any atom is -0.490 e. The number of rotatable bonds is 24. The molecule has 14 rings (SSSR count). The number of esters is 4. The lowest BCUT2D eigenvalue weighted by Crippen LogP contribution is -2.58. The summed E-state index contributed by atoms with van der Waals surface area (Å²) in [5, 5.41) is 0. The molecule has 0 saturated heterocycles. The fourth-order valence-corrected chi connectivity index (χ4v) is 25.0. The predicted octanol–water partition coefficient (Wildman–Crippen LogP) is 20.0. The van der Waals surface area contributed by atoms with Crippen LogP contribution >= 0.6 is 0 Å². The molecule has 94 heavy (non-hydrogen) atoms. The van der Waals surface area contributed by atoms with Crippen LogP contribution in [0.15, 0.2) is 71.8 Å². The average Bonchev–Trinajstić information content (AvgIpc) is 1.19. The summed E-state index contributed by atoms with van der Waals surface area (Å²) >= 11 is 0. The molecule has 0 aromatic heterocycles. The zero-order valence-corrected chi connectivity index (χ0v) is 59.7. The molecule has 12 aliphatic rings. The van der Waals surface area contributed by atoms with Crippen molar-refractivity contribution in [1.82, 2.24) is 0 Å². The summed E-state index contributed by atoms with van der Waals surface area (Å²) in [5.74, 6) is 10.3. The maximum absolute atomic E-state index is 14.1. The number of ether oxygens (including phenoxy) is 6. The highest BCUT2D eigenvalue weighted by molar-refractivity contribution is 5.90. The van der Waals surface area contributed by atoms with Gasteiger partial charge in [-0.25, -0.2) is 9.59 Å².